The molecule has 1 aliphatic carbocycles. The molecule has 5 heteroatoms. The largest absolute Gasteiger partial charge is 0.486 e. The number of amides is 1. The summed E-state index contributed by atoms with van der Waals surface area (Å²) >= 11 is 6.02. The number of benzene rings is 2. The SMILES string of the molecule is O=C(NCC1COc2ccccc2O1)C1(c2ccc(Cl)cc2)CCCC1. The molecule has 2 aliphatic rings. The maximum absolute atomic E-state index is 13.1. The van der Waals surface area contributed by atoms with Crippen LogP contribution in [0, 0.1) is 0 Å². The number of hydrogen-bond acceptors (Lipinski definition) is 3. The van der Waals surface area contributed by atoms with E-state index in [0.717, 1.165) is 42.7 Å². The molecule has 0 bridgehead atoms. The van der Waals surface area contributed by atoms with Gasteiger partial charge in [0.15, 0.2) is 11.5 Å². The number of para-hydroxylation sites is 2. The molecule has 1 aliphatic heterocycles. The number of ether oxygens (including phenoxy) is 2. The Balaban J connectivity index is 1.44. The molecular weight excluding hydrogens is 350 g/mol. The van der Waals surface area contributed by atoms with Gasteiger partial charge in [-0.2, -0.15) is 0 Å². The molecule has 2 aromatic carbocycles. The molecule has 2 aromatic rings. The van der Waals surface area contributed by atoms with Crippen LogP contribution in [-0.4, -0.2) is 25.2 Å². The first-order valence-electron chi connectivity index (χ1n) is 9.10. The van der Waals surface area contributed by atoms with E-state index < -0.39 is 5.41 Å². The van der Waals surface area contributed by atoms with Crippen molar-refractivity contribution < 1.29 is 14.3 Å². The lowest BCUT2D eigenvalue weighted by Gasteiger charge is -2.31. The van der Waals surface area contributed by atoms with Crippen molar-refractivity contribution in [1.82, 2.24) is 5.32 Å². The summed E-state index contributed by atoms with van der Waals surface area (Å²) in [5.41, 5.74) is 0.584. The normalized spacial score (nSPS) is 20.6. The lowest BCUT2D eigenvalue weighted by atomic mass is 9.78. The van der Waals surface area contributed by atoms with E-state index in [4.69, 9.17) is 21.1 Å². The molecule has 4 rings (SSSR count). The van der Waals surface area contributed by atoms with Crippen LogP contribution >= 0.6 is 11.6 Å². The fourth-order valence-corrected chi connectivity index (χ4v) is 4.06. The van der Waals surface area contributed by atoms with Crippen molar-refractivity contribution in [2.75, 3.05) is 13.2 Å². The maximum Gasteiger partial charge on any atom is 0.230 e. The highest BCUT2D eigenvalue weighted by Gasteiger charge is 2.42. The van der Waals surface area contributed by atoms with Crippen LogP contribution in [-0.2, 0) is 10.2 Å². The van der Waals surface area contributed by atoms with E-state index in [-0.39, 0.29) is 12.0 Å². The number of fused-ring (bicyclic) bond motifs is 1. The summed E-state index contributed by atoms with van der Waals surface area (Å²) in [6.45, 7) is 0.869. The smallest absolute Gasteiger partial charge is 0.230 e. The summed E-state index contributed by atoms with van der Waals surface area (Å²) in [7, 11) is 0. The molecule has 1 heterocycles. The van der Waals surface area contributed by atoms with Crippen molar-refractivity contribution in [1.29, 1.82) is 0 Å². The first-order valence-corrected chi connectivity index (χ1v) is 9.48. The molecular formula is C21H22ClNO3. The topological polar surface area (TPSA) is 47.6 Å². The van der Waals surface area contributed by atoms with Crippen molar-refractivity contribution in [3.05, 3.63) is 59.1 Å². The number of nitrogens with one attached hydrogen (secondary N) is 1. The standard InChI is InChI=1S/C21H22ClNO3/c22-16-9-7-15(8-10-16)21(11-3-4-12-21)20(24)23-13-17-14-25-18-5-1-2-6-19(18)26-17/h1-2,5-10,17H,3-4,11-14H2,(H,23,24). The van der Waals surface area contributed by atoms with Gasteiger partial charge < -0.3 is 14.8 Å². The Labute approximate surface area is 158 Å². The lowest BCUT2D eigenvalue weighted by molar-refractivity contribution is -0.127. The first kappa shape index (κ1) is 17.2. The Bertz CT molecular complexity index is 784. The quantitative estimate of drug-likeness (QED) is 0.879. The molecule has 1 unspecified atom stereocenters. The van der Waals surface area contributed by atoms with Gasteiger partial charge >= 0.3 is 0 Å². The average molecular weight is 372 g/mol. The Morgan fingerprint density at radius 1 is 1.08 bits per heavy atom. The minimum Gasteiger partial charge on any atom is -0.486 e. The molecule has 26 heavy (non-hydrogen) atoms. The lowest BCUT2D eigenvalue weighted by Crippen LogP contribution is -2.47. The Hall–Kier alpha value is -2.20. The third-order valence-electron chi connectivity index (χ3n) is 5.35. The summed E-state index contributed by atoms with van der Waals surface area (Å²) in [5.74, 6) is 1.55. The van der Waals surface area contributed by atoms with E-state index in [0.29, 0.717) is 18.2 Å². The number of rotatable bonds is 4. The minimum absolute atomic E-state index is 0.0692. The molecule has 0 saturated heterocycles. The highest BCUT2D eigenvalue weighted by atomic mass is 35.5. The summed E-state index contributed by atoms with van der Waals surface area (Å²) in [5, 5.41) is 3.79. The van der Waals surface area contributed by atoms with Crippen LogP contribution in [0.1, 0.15) is 31.2 Å². The predicted molar refractivity (Wildman–Crippen MR) is 101 cm³/mol. The monoisotopic (exact) mass is 371 g/mol. The Morgan fingerprint density at radius 3 is 2.50 bits per heavy atom. The fourth-order valence-electron chi connectivity index (χ4n) is 3.93. The highest BCUT2D eigenvalue weighted by molar-refractivity contribution is 6.30. The summed E-state index contributed by atoms with van der Waals surface area (Å²) in [4.78, 5) is 13.1. The van der Waals surface area contributed by atoms with Gasteiger partial charge in [-0.15, -0.1) is 0 Å². The minimum atomic E-state index is -0.460. The zero-order valence-electron chi connectivity index (χ0n) is 14.5. The molecule has 1 saturated carbocycles. The second kappa shape index (κ2) is 7.20. The maximum atomic E-state index is 13.1. The van der Waals surface area contributed by atoms with Gasteiger partial charge in [-0.1, -0.05) is 48.7 Å². The summed E-state index contributed by atoms with van der Waals surface area (Å²) < 4.78 is 11.7. The predicted octanol–water partition coefficient (Wildman–Crippen LogP) is 4.11. The van der Waals surface area contributed by atoms with E-state index >= 15 is 0 Å². The first-order chi connectivity index (χ1) is 12.7. The van der Waals surface area contributed by atoms with Crippen LogP contribution in [0.4, 0.5) is 0 Å². The van der Waals surface area contributed by atoms with Gasteiger partial charge in [-0.25, -0.2) is 0 Å². The van der Waals surface area contributed by atoms with Gasteiger partial charge in [-0.05, 0) is 42.7 Å². The molecule has 1 fully saturated rings. The molecule has 1 atom stereocenters. The van der Waals surface area contributed by atoms with Gasteiger partial charge in [0.25, 0.3) is 0 Å². The zero-order valence-corrected chi connectivity index (χ0v) is 15.3. The third-order valence-corrected chi connectivity index (χ3v) is 5.60. The Morgan fingerprint density at radius 2 is 1.77 bits per heavy atom. The molecule has 1 amide bonds. The molecule has 1 N–H and O–H groups in total. The van der Waals surface area contributed by atoms with Crippen LogP contribution in [0.25, 0.3) is 0 Å². The highest BCUT2D eigenvalue weighted by Crippen LogP contribution is 2.41. The van der Waals surface area contributed by atoms with E-state index in [1.807, 2.05) is 48.5 Å². The molecule has 0 aromatic heterocycles. The number of carbonyl (C=O) groups excluding carboxylic acids is 1. The van der Waals surface area contributed by atoms with Crippen LogP contribution in [0.2, 0.25) is 5.02 Å². The van der Waals surface area contributed by atoms with Gasteiger partial charge in [0.1, 0.15) is 12.7 Å². The van der Waals surface area contributed by atoms with Crippen LogP contribution in [0.15, 0.2) is 48.5 Å². The fraction of sp³-hybridized carbons (Fsp3) is 0.381. The van der Waals surface area contributed by atoms with Crippen LogP contribution in [0.3, 0.4) is 0 Å². The van der Waals surface area contributed by atoms with Crippen LogP contribution in [0.5, 0.6) is 11.5 Å². The third kappa shape index (κ3) is 3.26. The summed E-state index contributed by atoms with van der Waals surface area (Å²) in [6.07, 6.45) is 3.67. The second-order valence-electron chi connectivity index (χ2n) is 7.00. The van der Waals surface area contributed by atoms with Crippen molar-refractivity contribution in [2.45, 2.75) is 37.2 Å². The average Bonchev–Trinajstić information content (AvgIpc) is 3.17. The van der Waals surface area contributed by atoms with E-state index in [1.165, 1.54) is 0 Å². The van der Waals surface area contributed by atoms with Gasteiger partial charge in [0, 0.05) is 5.02 Å². The van der Waals surface area contributed by atoms with E-state index in [1.54, 1.807) is 0 Å². The van der Waals surface area contributed by atoms with Crippen LogP contribution < -0.4 is 14.8 Å². The van der Waals surface area contributed by atoms with Gasteiger partial charge in [0.2, 0.25) is 5.91 Å². The van der Waals surface area contributed by atoms with Crippen molar-refractivity contribution in [2.24, 2.45) is 0 Å². The number of halogens is 1. The number of hydrogen-bond donors (Lipinski definition) is 1. The Kier molecular flexibility index (Phi) is 4.77. The van der Waals surface area contributed by atoms with E-state index in [2.05, 4.69) is 5.32 Å². The molecule has 0 radical (unpaired) electrons. The van der Waals surface area contributed by atoms with Crippen molar-refractivity contribution in [3.63, 3.8) is 0 Å². The van der Waals surface area contributed by atoms with Gasteiger partial charge in [-0.3, -0.25) is 4.79 Å². The number of carbonyl (C=O) groups is 1. The summed E-state index contributed by atoms with van der Waals surface area (Å²) in [6, 6.07) is 15.3. The van der Waals surface area contributed by atoms with Crippen molar-refractivity contribution in [3.8, 4) is 11.5 Å². The van der Waals surface area contributed by atoms with E-state index in [9.17, 15) is 4.79 Å². The van der Waals surface area contributed by atoms with Gasteiger partial charge in [0.05, 0.1) is 12.0 Å². The molecule has 4 nitrogen and oxygen atoms in total. The van der Waals surface area contributed by atoms with Crippen molar-refractivity contribution >= 4 is 17.5 Å². The molecule has 0 spiro atoms. The second-order valence-corrected chi connectivity index (χ2v) is 7.44. The molecule has 136 valence electrons. The zero-order chi connectivity index (χ0) is 18.0.